The molecule has 2 heteroatoms. The van der Waals surface area contributed by atoms with E-state index < -0.39 is 0 Å². The van der Waals surface area contributed by atoms with Gasteiger partial charge in [-0.05, 0) is 143 Å². The minimum absolute atomic E-state index is 1.06. The Balaban J connectivity index is 1.17. The van der Waals surface area contributed by atoms with Crippen LogP contribution in [-0.2, 0) is 0 Å². The summed E-state index contributed by atoms with van der Waals surface area (Å²) in [4.78, 5) is 0. The van der Waals surface area contributed by atoms with Gasteiger partial charge in [-0.2, -0.15) is 0 Å². The minimum Gasteiger partial charge on any atom is -0.308 e. The Morgan fingerprint density at radius 1 is 0.393 bits per heavy atom. The third-order valence-corrected chi connectivity index (χ3v) is 13.8. The maximum atomic E-state index is 2.58. The quantitative estimate of drug-likeness (QED) is 0.123. The molecule has 2 aromatic heterocycles. The second-order valence-corrected chi connectivity index (χ2v) is 16.6. The predicted octanol–water partition coefficient (Wildman–Crippen LogP) is 13.7. The molecule has 12 aromatic rings. The van der Waals surface area contributed by atoms with Gasteiger partial charge < -0.3 is 4.57 Å². The van der Waals surface area contributed by atoms with E-state index >= 15 is 0 Å². The van der Waals surface area contributed by atoms with E-state index in [9.17, 15) is 0 Å². The molecular formula is C54H33NS. The Morgan fingerprint density at radius 2 is 0.982 bits per heavy atom. The summed E-state index contributed by atoms with van der Waals surface area (Å²) in [6.07, 6.45) is 4.57. The molecule has 10 aromatic carbocycles. The van der Waals surface area contributed by atoms with Gasteiger partial charge in [0.25, 0.3) is 0 Å². The summed E-state index contributed by atoms with van der Waals surface area (Å²) in [5.74, 6) is 0. The molecule has 0 N–H and O–H groups in total. The van der Waals surface area contributed by atoms with Crippen LogP contribution in [0.5, 0.6) is 0 Å². The van der Waals surface area contributed by atoms with Gasteiger partial charge in [-0.3, -0.25) is 0 Å². The predicted molar refractivity (Wildman–Crippen MR) is 243 cm³/mol. The molecule has 0 bridgehead atoms. The molecule has 1 aliphatic rings. The van der Waals surface area contributed by atoms with E-state index in [-0.39, 0.29) is 0 Å². The highest BCUT2D eigenvalue weighted by molar-refractivity contribution is 7.17. The zero-order valence-corrected chi connectivity index (χ0v) is 31.3. The second-order valence-electron chi connectivity index (χ2n) is 15.5. The van der Waals surface area contributed by atoms with E-state index in [1.165, 1.54) is 123 Å². The van der Waals surface area contributed by atoms with Crippen LogP contribution in [-0.4, -0.2) is 4.57 Å². The average Bonchev–Trinajstić information content (AvgIpc) is 3.80. The average molecular weight is 728 g/mol. The van der Waals surface area contributed by atoms with Gasteiger partial charge in [-0.25, -0.2) is 0 Å². The van der Waals surface area contributed by atoms with Crippen molar-refractivity contribution in [1.82, 2.24) is 4.57 Å². The van der Waals surface area contributed by atoms with Gasteiger partial charge in [-0.1, -0.05) is 121 Å². The van der Waals surface area contributed by atoms with Crippen LogP contribution >= 0.6 is 11.3 Å². The Morgan fingerprint density at radius 3 is 1.80 bits per heavy atom. The summed E-state index contributed by atoms with van der Waals surface area (Å²) >= 11 is 1.95. The molecule has 0 radical (unpaired) electrons. The zero-order valence-electron chi connectivity index (χ0n) is 30.5. The zero-order chi connectivity index (χ0) is 36.5. The molecule has 56 heavy (non-hydrogen) atoms. The number of thiophene rings is 1. The molecular weight excluding hydrogens is 695 g/mol. The number of rotatable bonds is 2. The Hall–Kier alpha value is -6.74. The van der Waals surface area contributed by atoms with Crippen molar-refractivity contribution in [3.05, 3.63) is 185 Å². The summed E-state index contributed by atoms with van der Waals surface area (Å²) < 4.78 is 5.38. The van der Waals surface area contributed by atoms with Crippen LogP contribution in [0.2, 0.25) is 0 Å². The van der Waals surface area contributed by atoms with Gasteiger partial charge in [0.05, 0.1) is 16.7 Å². The number of benzene rings is 10. The molecule has 2 heterocycles. The van der Waals surface area contributed by atoms with Crippen LogP contribution in [0, 0.1) is 0 Å². The topological polar surface area (TPSA) is 4.93 Å². The summed E-state index contributed by atoms with van der Waals surface area (Å²) in [7, 11) is 0. The minimum atomic E-state index is 1.06. The molecule has 0 saturated heterocycles. The molecule has 0 amide bonds. The van der Waals surface area contributed by atoms with Crippen molar-refractivity contribution < 1.29 is 0 Å². The largest absolute Gasteiger partial charge is 0.308 e. The van der Waals surface area contributed by atoms with Crippen molar-refractivity contribution in [1.29, 1.82) is 0 Å². The molecule has 0 aliphatic heterocycles. The summed E-state index contributed by atoms with van der Waals surface area (Å²) in [5, 5.41) is 20.6. The van der Waals surface area contributed by atoms with E-state index in [4.69, 9.17) is 0 Å². The van der Waals surface area contributed by atoms with Gasteiger partial charge in [0, 0.05) is 30.8 Å². The molecule has 0 fully saturated rings. The molecule has 1 nitrogen and oxygen atoms in total. The van der Waals surface area contributed by atoms with E-state index in [1.54, 1.807) is 0 Å². The van der Waals surface area contributed by atoms with Crippen molar-refractivity contribution in [3.63, 3.8) is 0 Å². The number of fused-ring (bicyclic) bond motifs is 14. The SMILES string of the molecule is C1=c2c(sc3ccccc23)=C(c2ccc3c(c2)c2ccccc2n3-c2c3cc4ccc5ccccc5c4cc3cc3cc4ccc5ccccc5c4cc23)CC1. The van der Waals surface area contributed by atoms with Crippen LogP contribution in [0.1, 0.15) is 18.4 Å². The lowest BCUT2D eigenvalue weighted by Gasteiger charge is -2.18. The maximum Gasteiger partial charge on any atom is 0.0619 e. The van der Waals surface area contributed by atoms with Crippen LogP contribution < -0.4 is 9.75 Å². The molecule has 260 valence electrons. The Bertz CT molecular complexity index is 3820. The number of aromatic nitrogens is 1. The highest BCUT2D eigenvalue weighted by Gasteiger charge is 2.21. The highest BCUT2D eigenvalue weighted by atomic mass is 32.1. The third kappa shape index (κ3) is 4.25. The lowest BCUT2D eigenvalue weighted by molar-refractivity contribution is 1.09. The fourth-order valence-electron chi connectivity index (χ4n) is 9.99. The summed E-state index contributed by atoms with van der Waals surface area (Å²) in [6.45, 7) is 0. The molecule has 13 rings (SSSR count). The number of para-hydroxylation sites is 1. The van der Waals surface area contributed by atoms with Crippen molar-refractivity contribution in [2.45, 2.75) is 12.8 Å². The van der Waals surface area contributed by atoms with Crippen LogP contribution in [0.4, 0.5) is 0 Å². The van der Waals surface area contributed by atoms with E-state index in [2.05, 4.69) is 181 Å². The van der Waals surface area contributed by atoms with Crippen molar-refractivity contribution >= 4 is 120 Å². The first-order valence-corrected chi connectivity index (χ1v) is 20.5. The normalized spacial score (nSPS) is 13.3. The lowest BCUT2D eigenvalue weighted by atomic mass is 9.92. The van der Waals surface area contributed by atoms with Gasteiger partial charge in [0.15, 0.2) is 0 Å². The van der Waals surface area contributed by atoms with Gasteiger partial charge in [0.2, 0.25) is 0 Å². The summed E-state index contributed by atoms with van der Waals surface area (Å²) in [5.41, 5.74) is 6.51. The van der Waals surface area contributed by atoms with Gasteiger partial charge in [0.1, 0.15) is 0 Å². The fourth-order valence-corrected chi connectivity index (χ4v) is 11.3. The molecule has 0 atom stereocenters. The molecule has 0 spiro atoms. The highest BCUT2D eigenvalue weighted by Crippen LogP contribution is 2.43. The fraction of sp³-hybridized carbons (Fsp3) is 0.0370. The van der Waals surface area contributed by atoms with Crippen LogP contribution in [0.25, 0.3) is 114 Å². The summed E-state index contributed by atoms with van der Waals surface area (Å²) in [6, 6.07) is 64.1. The van der Waals surface area contributed by atoms with Crippen molar-refractivity contribution in [2.24, 2.45) is 0 Å². The van der Waals surface area contributed by atoms with Crippen molar-refractivity contribution in [3.8, 4) is 5.69 Å². The number of hydrogen-bond acceptors (Lipinski definition) is 1. The third-order valence-electron chi connectivity index (χ3n) is 12.5. The molecule has 0 saturated carbocycles. The monoisotopic (exact) mass is 727 g/mol. The number of hydrogen-bond donors (Lipinski definition) is 0. The van der Waals surface area contributed by atoms with E-state index in [1.807, 2.05) is 11.3 Å². The second kappa shape index (κ2) is 11.4. The van der Waals surface area contributed by atoms with E-state index in [0.29, 0.717) is 0 Å². The van der Waals surface area contributed by atoms with E-state index in [0.717, 1.165) is 12.8 Å². The van der Waals surface area contributed by atoms with Crippen LogP contribution in [0.15, 0.2) is 170 Å². The van der Waals surface area contributed by atoms with Gasteiger partial charge >= 0.3 is 0 Å². The van der Waals surface area contributed by atoms with Crippen molar-refractivity contribution in [2.75, 3.05) is 0 Å². The van der Waals surface area contributed by atoms with Gasteiger partial charge in [-0.15, -0.1) is 11.3 Å². The Labute approximate surface area is 326 Å². The Kier molecular flexibility index (Phi) is 6.22. The smallest absolute Gasteiger partial charge is 0.0619 e. The molecule has 0 unspecified atom stereocenters. The number of nitrogens with zero attached hydrogens (tertiary/aromatic N) is 1. The van der Waals surface area contributed by atoms with Crippen LogP contribution in [0.3, 0.4) is 0 Å². The first kappa shape index (κ1) is 30.6. The standard InChI is InChI=1S/C54H33NS/c1-3-12-39-32(10-1)21-23-36-28-47-38(30-45(36)39)27-37-26-34-22-20-33-11-2-4-13-40(33)46(34)31-48(37)53(47)55-50-18-7-5-14-42(50)49-29-35(24-25-51(49)55)41-16-9-17-44-43-15-6-8-19-52(43)56-54(41)44/h1-8,10-15,17-31H,9,16H2. The first-order chi connectivity index (χ1) is 27.7. The molecule has 1 aliphatic carbocycles. The first-order valence-electron chi connectivity index (χ1n) is 19.6. The lowest BCUT2D eigenvalue weighted by Crippen LogP contribution is -2.25. The maximum absolute atomic E-state index is 2.58.